The summed E-state index contributed by atoms with van der Waals surface area (Å²) < 4.78 is 0. The quantitative estimate of drug-likeness (QED) is 0.869. The fraction of sp³-hybridized carbons (Fsp3) is 0.545. The van der Waals surface area contributed by atoms with Gasteiger partial charge in [0.05, 0.1) is 10.0 Å². The van der Waals surface area contributed by atoms with Gasteiger partial charge in [0.1, 0.15) is 0 Å². The first-order valence-electron chi connectivity index (χ1n) is 4.94. The van der Waals surface area contributed by atoms with Crippen LogP contribution in [0.1, 0.15) is 25.8 Å². The second-order valence-corrected chi connectivity index (χ2v) is 5.64. The Labute approximate surface area is 99.8 Å². The Morgan fingerprint density at radius 2 is 1.80 bits per heavy atom. The summed E-state index contributed by atoms with van der Waals surface area (Å²) in [7, 11) is 0. The van der Waals surface area contributed by atoms with E-state index in [1.54, 1.807) is 12.4 Å². The van der Waals surface area contributed by atoms with Gasteiger partial charge in [-0.25, -0.2) is 0 Å². The largest absolute Gasteiger partial charge is 0.330 e. The van der Waals surface area contributed by atoms with E-state index in [-0.39, 0.29) is 10.8 Å². The minimum atomic E-state index is -0.0654. The van der Waals surface area contributed by atoms with Crippen molar-refractivity contribution in [2.24, 2.45) is 11.1 Å². The highest BCUT2D eigenvalue weighted by Gasteiger charge is 2.62. The van der Waals surface area contributed by atoms with Gasteiger partial charge in [0.15, 0.2) is 0 Å². The summed E-state index contributed by atoms with van der Waals surface area (Å²) in [4.78, 5) is 3.96. The highest BCUT2D eigenvalue weighted by Crippen LogP contribution is 2.65. The van der Waals surface area contributed by atoms with Crippen LogP contribution in [-0.2, 0) is 5.41 Å². The summed E-state index contributed by atoms with van der Waals surface area (Å²) in [6, 6.07) is 0. The first-order chi connectivity index (χ1) is 6.94. The van der Waals surface area contributed by atoms with Crippen LogP contribution in [0.5, 0.6) is 0 Å². The molecule has 1 unspecified atom stereocenters. The molecule has 0 amide bonds. The normalized spacial score (nSPS) is 27.8. The molecule has 0 bridgehead atoms. The first-order valence-corrected chi connectivity index (χ1v) is 5.70. The summed E-state index contributed by atoms with van der Waals surface area (Å²) in [6.07, 6.45) is 4.29. The molecule has 0 aromatic carbocycles. The maximum absolute atomic E-state index is 6.16. The lowest BCUT2D eigenvalue weighted by Gasteiger charge is -2.21. The molecule has 0 spiro atoms. The van der Waals surface area contributed by atoms with Gasteiger partial charge in [-0.05, 0) is 11.8 Å². The van der Waals surface area contributed by atoms with E-state index in [0.717, 1.165) is 12.0 Å². The van der Waals surface area contributed by atoms with Crippen molar-refractivity contribution < 1.29 is 0 Å². The van der Waals surface area contributed by atoms with Crippen LogP contribution >= 0.6 is 23.2 Å². The van der Waals surface area contributed by atoms with Crippen molar-refractivity contribution in [2.45, 2.75) is 25.7 Å². The molecule has 1 saturated carbocycles. The van der Waals surface area contributed by atoms with Gasteiger partial charge in [0.25, 0.3) is 0 Å². The Hall–Kier alpha value is -0.310. The maximum Gasteiger partial charge on any atom is 0.0642 e. The van der Waals surface area contributed by atoms with Gasteiger partial charge in [-0.1, -0.05) is 37.0 Å². The zero-order chi connectivity index (χ0) is 11.3. The lowest BCUT2D eigenvalue weighted by molar-refractivity contribution is 0.503. The monoisotopic (exact) mass is 244 g/mol. The topological polar surface area (TPSA) is 38.9 Å². The zero-order valence-electron chi connectivity index (χ0n) is 8.85. The highest BCUT2D eigenvalue weighted by atomic mass is 35.5. The molecule has 2 rings (SSSR count). The van der Waals surface area contributed by atoms with Gasteiger partial charge < -0.3 is 5.73 Å². The van der Waals surface area contributed by atoms with E-state index in [1.165, 1.54) is 0 Å². The Balaban J connectivity index is 2.55. The van der Waals surface area contributed by atoms with Crippen LogP contribution in [0.25, 0.3) is 0 Å². The average molecular weight is 245 g/mol. The molecular formula is C11H14Cl2N2. The lowest BCUT2D eigenvalue weighted by atomic mass is 9.88. The van der Waals surface area contributed by atoms with E-state index in [9.17, 15) is 0 Å². The molecule has 0 saturated heterocycles. The molecule has 1 aliphatic carbocycles. The van der Waals surface area contributed by atoms with Gasteiger partial charge in [-0.15, -0.1) is 0 Å². The second kappa shape index (κ2) is 3.34. The van der Waals surface area contributed by atoms with Crippen molar-refractivity contribution in [3.8, 4) is 0 Å². The Bertz CT molecular complexity index is 383. The number of hydrogen-bond donors (Lipinski definition) is 1. The molecule has 0 radical (unpaired) electrons. The summed E-state index contributed by atoms with van der Waals surface area (Å²) in [5.41, 5.74) is 6.95. The second-order valence-electron chi connectivity index (χ2n) is 4.83. The van der Waals surface area contributed by atoms with Crippen LogP contribution in [0.2, 0.25) is 10.0 Å². The summed E-state index contributed by atoms with van der Waals surface area (Å²) in [6.45, 7) is 4.95. The third kappa shape index (κ3) is 1.47. The van der Waals surface area contributed by atoms with Gasteiger partial charge in [-0.2, -0.15) is 0 Å². The van der Waals surface area contributed by atoms with Crippen molar-refractivity contribution in [3.05, 3.63) is 28.0 Å². The van der Waals surface area contributed by atoms with E-state index in [4.69, 9.17) is 28.9 Å². The van der Waals surface area contributed by atoms with Crippen molar-refractivity contribution in [2.75, 3.05) is 6.54 Å². The van der Waals surface area contributed by atoms with E-state index in [2.05, 4.69) is 18.8 Å². The van der Waals surface area contributed by atoms with E-state index >= 15 is 0 Å². The van der Waals surface area contributed by atoms with Crippen LogP contribution in [-0.4, -0.2) is 11.5 Å². The molecule has 1 aromatic rings. The van der Waals surface area contributed by atoms with Gasteiger partial charge in [0.2, 0.25) is 0 Å². The number of pyridine rings is 1. The van der Waals surface area contributed by atoms with Crippen LogP contribution in [0.4, 0.5) is 0 Å². The van der Waals surface area contributed by atoms with E-state index in [1.807, 2.05) is 0 Å². The fourth-order valence-corrected chi connectivity index (χ4v) is 3.18. The number of rotatable bonds is 2. The van der Waals surface area contributed by atoms with Crippen LogP contribution < -0.4 is 5.73 Å². The molecule has 1 aromatic heterocycles. The first kappa shape index (κ1) is 11.2. The Kier molecular flexibility index (Phi) is 2.49. The van der Waals surface area contributed by atoms with Crippen molar-refractivity contribution >= 4 is 23.2 Å². The predicted molar refractivity (Wildman–Crippen MR) is 63.4 cm³/mol. The lowest BCUT2D eigenvalue weighted by Crippen LogP contribution is -2.26. The van der Waals surface area contributed by atoms with Crippen LogP contribution in [0, 0.1) is 5.41 Å². The average Bonchev–Trinajstić information content (AvgIpc) is 2.69. The molecule has 1 atom stereocenters. The number of nitrogens with two attached hydrogens (primary N) is 1. The standard InChI is InChI=1S/C11H14Cl2N2/c1-10(2)5-11(10,6-14)9-7(12)3-15-4-8(9)13/h3-4H,5-6,14H2,1-2H3. The highest BCUT2D eigenvalue weighted by molar-refractivity contribution is 6.36. The van der Waals surface area contributed by atoms with E-state index in [0.29, 0.717) is 16.6 Å². The van der Waals surface area contributed by atoms with Crippen molar-refractivity contribution in [1.29, 1.82) is 0 Å². The maximum atomic E-state index is 6.16. The Morgan fingerprint density at radius 3 is 2.13 bits per heavy atom. The predicted octanol–water partition coefficient (Wildman–Crippen LogP) is 3.01. The number of halogens is 2. The summed E-state index contributed by atoms with van der Waals surface area (Å²) in [5.74, 6) is 0. The van der Waals surface area contributed by atoms with Crippen LogP contribution in [0.3, 0.4) is 0 Å². The molecule has 2 nitrogen and oxygen atoms in total. The molecule has 4 heteroatoms. The molecule has 82 valence electrons. The summed E-state index contributed by atoms with van der Waals surface area (Å²) in [5, 5.41) is 1.25. The molecule has 0 aliphatic heterocycles. The smallest absolute Gasteiger partial charge is 0.0642 e. The molecule has 1 fully saturated rings. The minimum Gasteiger partial charge on any atom is -0.330 e. The fourth-order valence-electron chi connectivity index (χ4n) is 2.46. The van der Waals surface area contributed by atoms with Gasteiger partial charge >= 0.3 is 0 Å². The molecule has 15 heavy (non-hydrogen) atoms. The van der Waals surface area contributed by atoms with E-state index < -0.39 is 0 Å². The Morgan fingerprint density at radius 1 is 1.33 bits per heavy atom. The molecule has 1 aliphatic rings. The SMILES string of the molecule is CC1(C)CC1(CN)c1c(Cl)cncc1Cl. The van der Waals surface area contributed by atoms with Crippen molar-refractivity contribution in [3.63, 3.8) is 0 Å². The van der Waals surface area contributed by atoms with Gasteiger partial charge in [-0.3, -0.25) is 4.98 Å². The van der Waals surface area contributed by atoms with Crippen LogP contribution in [0.15, 0.2) is 12.4 Å². The van der Waals surface area contributed by atoms with Gasteiger partial charge in [0, 0.05) is 29.9 Å². The number of aromatic nitrogens is 1. The number of hydrogen-bond acceptors (Lipinski definition) is 2. The zero-order valence-corrected chi connectivity index (χ0v) is 10.4. The third-order valence-corrected chi connectivity index (χ3v) is 4.17. The molecule has 2 N–H and O–H groups in total. The molecular weight excluding hydrogens is 231 g/mol. The number of nitrogens with zero attached hydrogens (tertiary/aromatic N) is 1. The minimum absolute atomic E-state index is 0.0654. The van der Waals surface area contributed by atoms with Crippen molar-refractivity contribution in [1.82, 2.24) is 4.98 Å². The summed E-state index contributed by atoms with van der Waals surface area (Å²) >= 11 is 12.3. The third-order valence-electron chi connectivity index (χ3n) is 3.59. The molecule has 1 heterocycles.